The Hall–Kier alpha value is -2.75. The Morgan fingerprint density at radius 1 is 0.739 bits per heavy atom. The quantitative estimate of drug-likeness (QED) is 0.819. The fourth-order valence-electron chi connectivity index (χ4n) is 2.66. The summed E-state index contributed by atoms with van der Waals surface area (Å²) >= 11 is 0. The van der Waals surface area contributed by atoms with E-state index in [0.29, 0.717) is 42.6 Å². The van der Waals surface area contributed by atoms with Gasteiger partial charge in [-0.2, -0.15) is 0 Å². The summed E-state index contributed by atoms with van der Waals surface area (Å²) in [6, 6.07) is 15.8. The molecule has 2 aromatic carbocycles. The molecular weight excluding hydrogens is 290 g/mol. The molecule has 0 N–H and O–H groups in total. The summed E-state index contributed by atoms with van der Waals surface area (Å²) in [6.07, 6.45) is 0.854. The van der Waals surface area contributed by atoms with Gasteiger partial charge in [0, 0.05) is 42.6 Å². The summed E-state index contributed by atoms with van der Waals surface area (Å²) < 4.78 is 0. The molecule has 1 heterocycles. The van der Waals surface area contributed by atoms with Crippen LogP contribution in [0.3, 0.4) is 0 Å². The lowest BCUT2D eigenvalue weighted by molar-refractivity contribution is -0.120. The number of amides is 1. The molecule has 3 rings (SSSR count). The predicted molar refractivity (Wildman–Crippen MR) is 86.5 cm³/mol. The normalized spacial score (nSPS) is 14.6. The molecular formula is C19H17NO3. The minimum absolute atomic E-state index is 0.0619. The van der Waals surface area contributed by atoms with Crippen LogP contribution in [0.2, 0.25) is 0 Å². The molecule has 1 aliphatic rings. The zero-order valence-electron chi connectivity index (χ0n) is 12.7. The highest BCUT2D eigenvalue weighted by molar-refractivity contribution is 6.09. The van der Waals surface area contributed by atoms with E-state index in [0.717, 1.165) is 0 Å². The van der Waals surface area contributed by atoms with E-state index in [2.05, 4.69) is 0 Å². The Balaban J connectivity index is 1.73. The molecule has 1 amide bonds. The van der Waals surface area contributed by atoms with Crippen molar-refractivity contribution in [3.63, 3.8) is 0 Å². The van der Waals surface area contributed by atoms with Gasteiger partial charge >= 0.3 is 0 Å². The van der Waals surface area contributed by atoms with Crippen molar-refractivity contribution in [2.45, 2.75) is 12.8 Å². The van der Waals surface area contributed by atoms with Crippen LogP contribution in [0.15, 0.2) is 54.6 Å². The Bertz CT molecular complexity index is 725. The average molecular weight is 307 g/mol. The SMILES string of the molecule is O=C1CCN(C(=O)c2ccc(C(=O)c3ccccc3)cc2)CC1. The second kappa shape index (κ2) is 6.57. The molecule has 0 aliphatic carbocycles. The van der Waals surface area contributed by atoms with Gasteiger partial charge in [-0.1, -0.05) is 42.5 Å². The van der Waals surface area contributed by atoms with Gasteiger partial charge in [0.2, 0.25) is 0 Å². The van der Waals surface area contributed by atoms with Gasteiger partial charge in [0.05, 0.1) is 0 Å². The Morgan fingerprint density at radius 2 is 1.26 bits per heavy atom. The van der Waals surface area contributed by atoms with Crippen LogP contribution in [0.5, 0.6) is 0 Å². The number of carbonyl (C=O) groups is 3. The second-order valence-electron chi connectivity index (χ2n) is 5.60. The molecule has 4 heteroatoms. The highest BCUT2D eigenvalue weighted by atomic mass is 16.2. The van der Waals surface area contributed by atoms with Crippen LogP contribution < -0.4 is 0 Å². The zero-order chi connectivity index (χ0) is 16.2. The number of ketones is 2. The van der Waals surface area contributed by atoms with E-state index < -0.39 is 0 Å². The highest BCUT2D eigenvalue weighted by Crippen LogP contribution is 2.14. The van der Waals surface area contributed by atoms with E-state index in [-0.39, 0.29) is 17.5 Å². The first-order chi connectivity index (χ1) is 11.1. The van der Waals surface area contributed by atoms with Crippen LogP contribution >= 0.6 is 0 Å². The van der Waals surface area contributed by atoms with Crippen molar-refractivity contribution in [2.24, 2.45) is 0 Å². The fourth-order valence-corrected chi connectivity index (χ4v) is 2.66. The Labute approximate surface area is 134 Å². The number of hydrogen-bond donors (Lipinski definition) is 0. The molecule has 116 valence electrons. The molecule has 0 atom stereocenters. The number of benzene rings is 2. The zero-order valence-corrected chi connectivity index (χ0v) is 12.7. The van der Waals surface area contributed by atoms with Gasteiger partial charge in [0.1, 0.15) is 5.78 Å². The van der Waals surface area contributed by atoms with E-state index >= 15 is 0 Å². The molecule has 0 unspecified atom stereocenters. The molecule has 1 aliphatic heterocycles. The van der Waals surface area contributed by atoms with Gasteiger partial charge in [-0.15, -0.1) is 0 Å². The van der Waals surface area contributed by atoms with Crippen molar-refractivity contribution in [1.82, 2.24) is 4.90 Å². The number of hydrogen-bond acceptors (Lipinski definition) is 3. The first kappa shape index (κ1) is 15.2. The summed E-state index contributed by atoms with van der Waals surface area (Å²) in [5.41, 5.74) is 1.73. The van der Waals surface area contributed by atoms with Crippen molar-refractivity contribution in [3.05, 3.63) is 71.3 Å². The van der Waals surface area contributed by atoms with E-state index in [4.69, 9.17) is 0 Å². The highest BCUT2D eigenvalue weighted by Gasteiger charge is 2.22. The van der Waals surface area contributed by atoms with Crippen LogP contribution in [0.4, 0.5) is 0 Å². The van der Waals surface area contributed by atoms with Crippen LogP contribution in [0, 0.1) is 0 Å². The summed E-state index contributed by atoms with van der Waals surface area (Å²) in [5.74, 6) is 0.0576. The van der Waals surface area contributed by atoms with E-state index in [1.807, 2.05) is 18.2 Å². The maximum Gasteiger partial charge on any atom is 0.253 e. The molecule has 23 heavy (non-hydrogen) atoms. The number of carbonyl (C=O) groups excluding carboxylic acids is 3. The van der Waals surface area contributed by atoms with Crippen LogP contribution in [-0.2, 0) is 4.79 Å². The van der Waals surface area contributed by atoms with Crippen LogP contribution in [0.25, 0.3) is 0 Å². The molecule has 0 saturated carbocycles. The number of likely N-dealkylation sites (tertiary alicyclic amines) is 1. The topological polar surface area (TPSA) is 54.5 Å². The third kappa shape index (κ3) is 3.37. The van der Waals surface area contributed by atoms with Crippen molar-refractivity contribution in [3.8, 4) is 0 Å². The van der Waals surface area contributed by atoms with Gasteiger partial charge in [0.15, 0.2) is 5.78 Å². The molecule has 0 spiro atoms. The Morgan fingerprint density at radius 3 is 1.87 bits per heavy atom. The predicted octanol–water partition coefficient (Wildman–Crippen LogP) is 2.72. The van der Waals surface area contributed by atoms with Crippen LogP contribution in [0.1, 0.15) is 39.1 Å². The fraction of sp³-hybridized carbons (Fsp3) is 0.211. The molecule has 0 radical (unpaired) electrons. The van der Waals surface area contributed by atoms with Gasteiger partial charge in [-0.25, -0.2) is 0 Å². The standard InChI is InChI=1S/C19H17NO3/c21-17-10-12-20(13-11-17)19(23)16-8-6-15(7-9-16)18(22)14-4-2-1-3-5-14/h1-9H,10-13H2. The van der Waals surface area contributed by atoms with Crippen molar-refractivity contribution < 1.29 is 14.4 Å². The van der Waals surface area contributed by atoms with E-state index in [1.54, 1.807) is 41.3 Å². The minimum Gasteiger partial charge on any atom is -0.338 e. The van der Waals surface area contributed by atoms with E-state index in [9.17, 15) is 14.4 Å². The second-order valence-corrected chi connectivity index (χ2v) is 5.60. The third-order valence-electron chi connectivity index (χ3n) is 4.04. The summed E-state index contributed by atoms with van der Waals surface area (Å²) in [5, 5.41) is 0. The van der Waals surface area contributed by atoms with Gasteiger partial charge in [-0.3, -0.25) is 14.4 Å². The van der Waals surface area contributed by atoms with Gasteiger partial charge in [0.25, 0.3) is 5.91 Å². The Kier molecular flexibility index (Phi) is 4.33. The lowest BCUT2D eigenvalue weighted by Crippen LogP contribution is -2.38. The molecule has 2 aromatic rings. The molecule has 1 saturated heterocycles. The molecule has 0 bridgehead atoms. The first-order valence-corrected chi connectivity index (χ1v) is 7.66. The largest absolute Gasteiger partial charge is 0.338 e. The maximum atomic E-state index is 12.4. The lowest BCUT2D eigenvalue weighted by Gasteiger charge is -2.26. The summed E-state index contributed by atoms with van der Waals surface area (Å²) in [7, 11) is 0. The first-order valence-electron chi connectivity index (χ1n) is 7.66. The minimum atomic E-state index is -0.0868. The molecule has 0 aromatic heterocycles. The molecule has 4 nitrogen and oxygen atoms in total. The number of nitrogens with zero attached hydrogens (tertiary/aromatic N) is 1. The summed E-state index contributed by atoms with van der Waals surface area (Å²) in [6.45, 7) is 0.949. The number of rotatable bonds is 3. The third-order valence-corrected chi connectivity index (χ3v) is 4.04. The van der Waals surface area contributed by atoms with Gasteiger partial charge < -0.3 is 4.90 Å². The average Bonchev–Trinajstić information content (AvgIpc) is 2.62. The van der Waals surface area contributed by atoms with Crippen molar-refractivity contribution in [2.75, 3.05) is 13.1 Å². The van der Waals surface area contributed by atoms with Crippen molar-refractivity contribution in [1.29, 1.82) is 0 Å². The smallest absolute Gasteiger partial charge is 0.253 e. The van der Waals surface area contributed by atoms with Crippen LogP contribution in [-0.4, -0.2) is 35.5 Å². The molecule has 1 fully saturated rings. The van der Waals surface area contributed by atoms with Gasteiger partial charge in [-0.05, 0) is 12.1 Å². The monoisotopic (exact) mass is 307 g/mol. The number of piperidine rings is 1. The van der Waals surface area contributed by atoms with Crippen molar-refractivity contribution >= 4 is 17.5 Å². The summed E-state index contributed by atoms with van der Waals surface area (Å²) in [4.78, 5) is 37.7. The number of Topliss-reactive ketones (excluding diaryl/α,β-unsaturated/α-hetero) is 1. The maximum absolute atomic E-state index is 12.4. The van der Waals surface area contributed by atoms with E-state index in [1.165, 1.54) is 0 Å². The lowest BCUT2D eigenvalue weighted by atomic mass is 10.0.